The standard InChI is InChI=1S/C85H119NO9/c1-3-5-7-9-11-13-15-17-18-19-20-21-22-23-24-25-26-27-29-31-33-35-52-64-79(87)86-76(80(89-66-72-55-43-37-44-56-72)77(88-65-71-53-41-36-42-54-71)63-51-34-32-30-28-16-14-12-10-8-6-4-2)69-92-85-83(91-68-74-59-47-39-48-60-74)82(90-67-73-57-45-38-46-58-73)81-78(94-85)70-93-84(95-81)75-61-49-40-50-62-75/h1,36-50,53-62,76-78,80-85H,4-16,19-35,51-52,63-70H2,2H3,(H,86,87)/t76-,77-,78+,80-,81-,82-,83+,84?,85-/m0/s1. The molecule has 10 heteroatoms. The predicted octanol–water partition coefficient (Wildman–Crippen LogP) is 20.6. The molecule has 2 heterocycles. The van der Waals surface area contributed by atoms with Crippen molar-refractivity contribution in [3.63, 3.8) is 0 Å². The maximum absolute atomic E-state index is 14.7. The highest BCUT2D eigenvalue weighted by Crippen LogP contribution is 2.38. The first-order valence-electron chi connectivity index (χ1n) is 37.5. The fourth-order valence-electron chi connectivity index (χ4n) is 13.0. The number of hydrogen-bond donors (Lipinski definition) is 1. The van der Waals surface area contributed by atoms with E-state index in [1.165, 1.54) is 148 Å². The van der Waals surface area contributed by atoms with Crippen molar-refractivity contribution in [3.05, 3.63) is 179 Å². The first-order chi connectivity index (χ1) is 47.1. The predicted molar refractivity (Wildman–Crippen MR) is 386 cm³/mol. The van der Waals surface area contributed by atoms with Gasteiger partial charge in [0.1, 0.15) is 30.5 Å². The van der Waals surface area contributed by atoms with Crippen LogP contribution in [-0.4, -0.2) is 68.1 Å². The highest BCUT2D eigenvalue weighted by Gasteiger charge is 2.52. The van der Waals surface area contributed by atoms with E-state index < -0.39 is 49.1 Å². The lowest BCUT2D eigenvalue weighted by Crippen LogP contribution is -2.64. The second-order valence-corrected chi connectivity index (χ2v) is 26.6. The van der Waals surface area contributed by atoms with Gasteiger partial charge in [-0.15, -0.1) is 24.2 Å². The molecule has 2 fully saturated rings. The molecule has 0 radical (unpaired) electrons. The Balaban J connectivity index is 1.03. The Labute approximate surface area is 574 Å². The molecule has 95 heavy (non-hydrogen) atoms. The van der Waals surface area contributed by atoms with Gasteiger partial charge >= 0.3 is 0 Å². The number of rotatable bonds is 52. The third-order valence-electron chi connectivity index (χ3n) is 18.6. The van der Waals surface area contributed by atoms with E-state index in [9.17, 15) is 4.79 Å². The number of fused-ring (bicyclic) bond motifs is 1. The molecule has 2 saturated heterocycles. The third kappa shape index (κ3) is 32.1. The van der Waals surface area contributed by atoms with E-state index in [0.29, 0.717) is 26.2 Å². The summed E-state index contributed by atoms with van der Waals surface area (Å²) in [5.41, 5.74) is 5.05. The first-order valence-corrected chi connectivity index (χ1v) is 37.5. The molecule has 0 aliphatic carbocycles. The molecular weight excluding hydrogens is 1180 g/mol. The van der Waals surface area contributed by atoms with Crippen LogP contribution in [0.25, 0.3) is 0 Å². The molecule has 5 aromatic carbocycles. The molecular formula is C85H119NO9. The summed E-state index contributed by atoms with van der Waals surface area (Å²) in [6, 6.07) is 50.4. The summed E-state index contributed by atoms with van der Waals surface area (Å²) in [6.07, 6.45) is 39.9. The molecule has 0 spiro atoms. The van der Waals surface area contributed by atoms with Crippen LogP contribution in [0.3, 0.4) is 0 Å². The van der Waals surface area contributed by atoms with Gasteiger partial charge in [0.2, 0.25) is 5.91 Å². The Morgan fingerprint density at radius 2 is 0.895 bits per heavy atom. The van der Waals surface area contributed by atoms with Gasteiger partial charge in [-0.05, 0) is 54.4 Å². The van der Waals surface area contributed by atoms with E-state index >= 15 is 0 Å². The molecule has 1 unspecified atom stereocenters. The maximum atomic E-state index is 14.7. The number of hydrogen-bond acceptors (Lipinski definition) is 9. The minimum atomic E-state index is -0.952. The lowest BCUT2D eigenvalue weighted by Gasteiger charge is -2.49. The van der Waals surface area contributed by atoms with Crippen LogP contribution >= 0.6 is 0 Å². The van der Waals surface area contributed by atoms with Crippen molar-refractivity contribution >= 4 is 5.91 Å². The normalized spacial score (nSPS) is 18.6. The molecule has 5 aromatic rings. The fraction of sp³-hybridized carbons (Fsp3) is 0.588. The Kier molecular flexibility index (Phi) is 40.2. The van der Waals surface area contributed by atoms with Crippen LogP contribution < -0.4 is 5.32 Å². The minimum Gasteiger partial charge on any atom is -0.371 e. The lowest BCUT2D eigenvalue weighted by atomic mass is 9.96. The SMILES string of the molecule is C#CCCCCCCC#CCCCCCCCCCCCCCCCC(=O)N[C@@H](CO[C@H]1O[C@@H]2COC(c3ccccc3)O[C@@H]2[C@H](OCc2ccccc2)[C@H]1OCc1ccccc1)[C@H](OCc1ccccc1)[C@H](CCCCCCCCCCCCCC)OCc1ccccc1. The number of unbranched alkanes of at least 4 members (excludes halogenated alkanes) is 29. The molecule has 0 aromatic heterocycles. The topological polar surface area (TPSA) is 103 Å². The van der Waals surface area contributed by atoms with Gasteiger partial charge in [-0.1, -0.05) is 319 Å². The molecule has 1 N–H and O–H groups in total. The van der Waals surface area contributed by atoms with Crippen LogP contribution in [0, 0.1) is 24.2 Å². The molecule has 9 atom stereocenters. The van der Waals surface area contributed by atoms with Gasteiger partial charge in [-0.2, -0.15) is 0 Å². The number of terminal acetylenes is 1. The molecule has 10 nitrogen and oxygen atoms in total. The molecule has 7 rings (SSSR count). The van der Waals surface area contributed by atoms with Crippen LogP contribution in [0.2, 0.25) is 0 Å². The van der Waals surface area contributed by atoms with Gasteiger partial charge in [-0.3, -0.25) is 4.79 Å². The summed E-state index contributed by atoms with van der Waals surface area (Å²) >= 11 is 0. The number of ether oxygens (including phenoxy) is 8. The lowest BCUT2D eigenvalue weighted by molar-refractivity contribution is -0.373. The van der Waals surface area contributed by atoms with Crippen molar-refractivity contribution < 1.29 is 42.7 Å². The van der Waals surface area contributed by atoms with Crippen LogP contribution in [0.15, 0.2) is 152 Å². The van der Waals surface area contributed by atoms with E-state index in [2.05, 4.69) is 90.7 Å². The quantitative estimate of drug-likeness (QED) is 0.0301. The highest BCUT2D eigenvalue weighted by atomic mass is 16.8. The van der Waals surface area contributed by atoms with E-state index in [1.807, 2.05) is 91.0 Å². The zero-order valence-corrected chi connectivity index (χ0v) is 58.2. The van der Waals surface area contributed by atoms with Crippen molar-refractivity contribution in [1.29, 1.82) is 0 Å². The Bertz CT molecular complexity index is 2770. The third-order valence-corrected chi connectivity index (χ3v) is 18.6. The molecule has 2 aliphatic rings. The molecule has 2 aliphatic heterocycles. The summed E-state index contributed by atoms with van der Waals surface area (Å²) in [5, 5.41) is 3.54. The zero-order chi connectivity index (χ0) is 66.1. The van der Waals surface area contributed by atoms with Gasteiger partial charge in [0.05, 0.1) is 51.8 Å². The van der Waals surface area contributed by atoms with Crippen molar-refractivity contribution in [2.45, 2.75) is 307 Å². The van der Waals surface area contributed by atoms with Crippen LogP contribution in [0.5, 0.6) is 0 Å². The summed E-state index contributed by atoms with van der Waals surface area (Å²) in [6.45, 7) is 3.89. The van der Waals surface area contributed by atoms with Gasteiger partial charge in [0, 0.05) is 31.2 Å². The zero-order valence-electron chi connectivity index (χ0n) is 58.2. The van der Waals surface area contributed by atoms with Crippen molar-refractivity contribution in [1.82, 2.24) is 5.32 Å². The van der Waals surface area contributed by atoms with Gasteiger partial charge in [0.25, 0.3) is 0 Å². The highest BCUT2D eigenvalue weighted by molar-refractivity contribution is 5.76. The molecule has 518 valence electrons. The minimum absolute atomic E-state index is 0.0304. The summed E-state index contributed by atoms with van der Waals surface area (Å²) in [7, 11) is 0. The monoisotopic (exact) mass is 1300 g/mol. The average Bonchev–Trinajstić information content (AvgIpc) is 0.797. The van der Waals surface area contributed by atoms with Gasteiger partial charge in [-0.25, -0.2) is 0 Å². The van der Waals surface area contributed by atoms with Crippen LogP contribution in [-0.2, 0) is 69.1 Å². The number of nitrogens with one attached hydrogen (secondary N) is 1. The van der Waals surface area contributed by atoms with E-state index in [4.69, 9.17) is 44.3 Å². The Hall–Kier alpha value is -5.63. The Morgan fingerprint density at radius 1 is 0.474 bits per heavy atom. The smallest absolute Gasteiger partial charge is 0.220 e. The number of benzene rings is 5. The summed E-state index contributed by atoms with van der Waals surface area (Å²) < 4.78 is 56.0. The fourth-order valence-corrected chi connectivity index (χ4v) is 13.0. The maximum Gasteiger partial charge on any atom is 0.220 e. The van der Waals surface area contributed by atoms with Crippen LogP contribution in [0.4, 0.5) is 0 Å². The number of carbonyl (C=O) groups excluding carboxylic acids is 1. The van der Waals surface area contributed by atoms with Gasteiger partial charge in [0.15, 0.2) is 12.6 Å². The molecule has 1 amide bonds. The second kappa shape index (κ2) is 49.8. The first kappa shape index (κ1) is 76.7. The Morgan fingerprint density at radius 3 is 1.39 bits per heavy atom. The van der Waals surface area contributed by atoms with Gasteiger partial charge < -0.3 is 43.2 Å². The van der Waals surface area contributed by atoms with Crippen molar-refractivity contribution in [2.75, 3.05) is 13.2 Å². The second-order valence-electron chi connectivity index (χ2n) is 26.6. The van der Waals surface area contributed by atoms with Crippen LogP contribution in [0.1, 0.15) is 259 Å². The summed E-state index contributed by atoms with van der Waals surface area (Å²) in [4.78, 5) is 14.7. The van der Waals surface area contributed by atoms with E-state index in [-0.39, 0.29) is 31.8 Å². The molecule has 0 bridgehead atoms. The average molecular weight is 1300 g/mol. The van der Waals surface area contributed by atoms with Crippen molar-refractivity contribution in [2.24, 2.45) is 0 Å². The molecule has 0 saturated carbocycles. The largest absolute Gasteiger partial charge is 0.371 e. The number of carbonyl (C=O) groups is 1. The van der Waals surface area contributed by atoms with Crippen molar-refractivity contribution in [3.8, 4) is 24.2 Å². The van der Waals surface area contributed by atoms with E-state index in [1.54, 1.807) is 0 Å². The summed E-state index contributed by atoms with van der Waals surface area (Å²) in [5.74, 6) is 9.47. The number of amides is 1. The van der Waals surface area contributed by atoms with E-state index in [0.717, 1.165) is 92.0 Å².